The first-order chi connectivity index (χ1) is 12.7. The molecule has 0 N–H and O–H groups in total. The quantitative estimate of drug-likeness (QED) is 0.301. The van der Waals surface area contributed by atoms with Crippen molar-refractivity contribution in [1.29, 1.82) is 0 Å². The Labute approximate surface area is 158 Å². The zero-order valence-corrected chi connectivity index (χ0v) is 16.3. The van der Waals surface area contributed by atoms with Gasteiger partial charge in [-0.15, -0.1) is 0 Å². The number of Topliss-reactive ketones (excluding diaryl/α,β-unsaturated/α-hetero) is 1. The average Bonchev–Trinajstić information content (AvgIpc) is 2.67. The second-order valence-corrected chi connectivity index (χ2v) is 6.98. The fourth-order valence-corrected chi connectivity index (χ4v) is 3.07. The van der Waals surface area contributed by atoms with Crippen molar-refractivity contribution in [2.45, 2.75) is 65.2 Å². The van der Waals surface area contributed by atoms with Gasteiger partial charge in [0.05, 0.1) is 6.61 Å². The predicted molar refractivity (Wildman–Crippen MR) is 110 cm³/mol. The van der Waals surface area contributed by atoms with E-state index in [2.05, 4.69) is 19.1 Å². The van der Waals surface area contributed by atoms with Crippen LogP contribution in [0.25, 0.3) is 11.1 Å². The van der Waals surface area contributed by atoms with Gasteiger partial charge in [-0.25, -0.2) is 0 Å². The highest BCUT2D eigenvalue weighted by Crippen LogP contribution is 2.23. The molecule has 0 atom stereocenters. The molecule has 2 aromatic carbocycles. The highest BCUT2D eigenvalue weighted by Gasteiger charge is 2.02. The van der Waals surface area contributed by atoms with Crippen LogP contribution in [0.5, 0.6) is 5.75 Å². The van der Waals surface area contributed by atoms with Gasteiger partial charge in [0.1, 0.15) is 5.75 Å². The molecule has 2 nitrogen and oxygen atoms in total. The van der Waals surface area contributed by atoms with Crippen LogP contribution in [-0.4, -0.2) is 12.4 Å². The smallest absolute Gasteiger partial charge is 0.159 e. The zero-order chi connectivity index (χ0) is 18.6. The van der Waals surface area contributed by atoms with Crippen molar-refractivity contribution in [1.82, 2.24) is 0 Å². The third kappa shape index (κ3) is 7.03. The molecule has 0 saturated carbocycles. The average molecular weight is 353 g/mol. The van der Waals surface area contributed by atoms with Gasteiger partial charge in [-0.1, -0.05) is 88.3 Å². The van der Waals surface area contributed by atoms with E-state index in [1.165, 1.54) is 44.9 Å². The van der Waals surface area contributed by atoms with Gasteiger partial charge in [-0.2, -0.15) is 0 Å². The first-order valence-corrected chi connectivity index (χ1v) is 10.0. The van der Waals surface area contributed by atoms with Gasteiger partial charge in [0.15, 0.2) is 5.78 Å². The number of rotatable bonds is 12. The van der Waals surface area contributed by atoms with Gasteiger partial charge in [0.2, 0.25) is 0 Å². The van der Waals surface area contributed by atoms with Crippen LogP contribution in [0.15, 0.2) is 48.5 Å². The highest BCUT2D eigenvalue weighted by atomic mass is 16.5. The molecule has 140 valence electrons. The molecule has 0 unspecified atom stereocenters. The molecule has 0 aliphatic heterocycles. The molecule has 0 aliphatic rings. The van der Waals surface area contributed by atoms with Crippen molar-refractivity contribution in [2.24, 2.45) is 0 Å². The summed E-state index contributed by atoms with van der Waals surface area (Å²) in [6.45, 7) is 4.64. The largest absolute Gasteiger partial charge is 0.494 e. The second-order valence-electron chi connectivity index (χ2n) is 6.98. The second kappa shape index (κ2) is 11.5. The van der Waals surface area contributed by atoms with E-state index in [-0.39, 0.29) is 5.78 Å². The fourth-order valence-electron chi connectivity index (χ4n) is 3.07. The van der Waals surface area contributed by atoms with E-state index in [1.807, 2.05) is 36.4 Å². The Bertz CT molecular complexity index is 641. The van der Waals surface area contributed by atoms with E-state index in [0.29, 0.717) is 0 Å². The lowest BCUT2D eigenvalue weighted by Crippen LogP contribution is -1.97. The lowest BCUT2D eigenvalue weighted by atomic mass is 10.0. The maximum absolute atomic E-state index is 11.3. The summed E-state index contributed by atoms with van der Waals surface area (Å²) >= 11 is 0. The molecule has 0 fully saturated rings. The molecule has 2 aromatic rings. The summed E-state index contributed by atoms with van der Waals surface area (Å²) in [6.07, 6.45) is 10.5. The van der Waals surface area contributed by atoms with Crippen molar-refractivity contribution < 1.29 is 9.53 Å². The minimum atomic E-state index is 0.0984. The summed E-state index contributed by atoms with van der Waals surface area (Å²) in [6, 6.07) is 15.9. The third-order valence-electron chi connectivity index (χ3n) is 4.75. The van der Waals surface area contributed by atoms with E-state index < -0.39 is 0 Å². The molecule has 0 radical (unpaired) electrons. The van der Waals surface area contributed by atoms with Gasteiger partial charge in [0.25, 0.3) is 0 Å². The molecule has 0 aromatic heterocycles. The Morgan fingerprint density at radius 2 is 1.23 bits per heavy atom. The molecule has 0 aliphatic carbocycles. The van der Waals surface area contributed by atoms with Gasteiger partial charge < -0.3 is 4.74 Å². The monoisotopic (exact) mass is 352 g/mol. The van der Waals surface area contributed by atoms with Crippen molar-refractivity contribution in [2.75, 3.05) is 6.61 Å². The number of carbonyl (C=O) groups excluding carboxylic acids is 1. The number of hydrogen-bond acceptors (Lipinski definition) is 2. The summed E-state index contributed by atoms with van der Waals surface area (Å²) in [5.41, 5.74) is 3.00. The number of hydrogen-bond donors (Lipinski definition) is 0. The normalized spacial score (nSPS) is 10.7. The summed E-state index contributed by atoms with van der Waals surface area (Å²) < 4.78 is 5.85. The Kier molecular flexibility index (Phi) is 8.95. The van der Waals surface area contributed by atoms with Crippen molar-refractivity contribution >= 4 is 5.78 Å². The van der Waals surface area contributed by atoms with Crippen LogP contribution < -0.4 is 4.74 Å². The minimum Gasteiger partial charge on any atom is -0.494 e. The predicted octanol–water partition coefficient (Wildman–Crippen LogP) is 7.08. The molecule has 0 saturated heterocycles. The maximum atomic E-state index is 11.3. The molecular formula is C24H32O2. The molecule has 0 heterocycles. The van der Waals surface area contributed by atoms with Crippen molar-refractivity contribution in [3.63, 3.8) is 0 Å². The van der Waals surface area contributed by atoms with Crippen LogP contribution >= 0.6 is 0 Å². The SMILES string of the molecule is CCCCCCCCCCOc1ccc(-c2ccc(C(C)=O)cc2)cc1. The Morgan fingerprint density at radius 3 is 1.77 bits per heavy atom. The lowest BCUT2D eigenvalue weighted by molar-refractivity contribution is 0.101. The topological polar surface area (TPSA) is 26.3 Å². The fraction of sp³-hybridized carbons (Fsp3) is 0.458. The van der Waals surface area contributed by atoms with Gasteiger partial charge in [-0.3, -0.25) is 4.79 Å². The molecule has 0 spiro atoms. The van der Waals surface area contributed by atoms with E-state index >= 15 is 0 Å². The molecule has 2 heteroatoms. The van der Waals surface area contributed by atoms with Crippen LogP contribution in [0.2, 0.25) is 0 Å². The van der Waals surface area contributed by atoms with Gasteiger partial charge in [-0.05, 0) is 36.6 Å². The Hall–Kier alpha value is -2.09. The van der Waals surface area contributed by atoms with Crippen LogP contribution in [-0.2, 0) is 0 Å². The van der Waals surface area contributed by atoms with Crippen molar-refractivity contribution in [3.8, 4) is 16.9 Å². The molecule has 2 rings (SSSR count). The number of benzene rings is 2. The molecule has 0 bridgehead atoms. The summed E-state index contributed by atoms with van der Waals surface area (Å²) in [4.78, 5) is 11.3. The van der Waals surface area contributed by atoms with E-state index in [1.54, 1.807) is 6.92 Å². The van der Waals surface area contributed by atoms with Gasteiger partial charge >= 0.3 is 0 Å². The first-order valence-electron chi connectivity index (χ1n) is 10.0. The highest BCUT2D eigenvalue weighted by molar-refractivity contribution is 5.94. The van der Waals surface area contributed by atoms with E-state index in [9.17, 15) is 4.79 Å². The van der Waals surface area contributed by atoms with Crippen LogP contribution in [0, 0.1) is 0 Å². The zero-order valence-electron chi connectivity index (χ0n) is 16.3. The summed E-state index contributed by atoms with van der Waals surface area (Å²) in [5.74, 6) is 1.03. The number of carbonyl (C=O) groups is 1. The van der Waals surface area contributed by atoms with Crippen molar-refractivity contribution in [3.05, 3.63) is 54.1 Å². The Balaban J connectivity index is 1.68. The minimum absolute atomic E-state index is 0.0984. The summed E-state index contributed by atoms with van der Waals surface area (Å²) in [5, 5.41) is 0. The molecule has 26 heavy (non-hydrogen) atoms. The Morgan fingerprint density at radius 1 is 0.731 bits per heavy atom. The van der Waals surface area contributed by atoms with Gasteiger partial charge in [0, 0.05) is 5.56 Å². The first kappa shape index (κ1) is 20.2. The number of ether oxygens (including phenoxy) is 1. The van der Waals surface area contributed by atoms with Crippen LogP contribution in [0.4, 0.5) is 0 Å². The lowest BCUT2D eigenvalue weighted by Gasteiger charge is -2.08. The van der Waals surface area contributed by atoms with Crippen LogP contribution in [0.1, 0.15) is 75.6 Å². The standard InChI is InChI=1S/C24H32O2/c1-3-4-5-6-7-8-9-10-19-26-24-17-15-23(16-18-24)22-13-11-21(12-14-22)20(2)25/h11-18H,3-10,19H2,1-2H3. The van der Waals surface area contributed by atoms with E-state index in [4.69, 9.17) is 4.74 Å². The van der Waals surface area contributed by atoms with Crippen LogP contribution in [0.3, 0.4) is 0 Å². The third-order valence-corrected chi connectivity index (χ3v) is 4.75. The molecule has 0 amide bonds. The number of ketones is 1. The number of unbranched alkanes of at least 4 members (excludes halogenated alkanes) is 7. The van der Waals surface area contributed by atoms with E-state index in [0.717, 1.165) is 35.5 Å². The maximum Gasteiger partial charge on any atom is 0.159 e. The summed E-state index contributed by atoms with van der Waals surface area (Å²) in [7, 11) is 0. The molecular weight excluding hydrogens is 320 g/mol.